The maximum Gasteiger partial charge on any atom is 0.318 e. The van der Waals surface area contributed by atoms with E-state index in [1.165, 1.54) is 6.07 Å². The Morgan fingerprint density at radius 2 is 1.93 bits per heavy atom. The zero-order chi connectivity index (χ0) is 19.2. The largest absolute Gasteiger partial charge is 0.390 e. The van der Waals surface area contributed by atoms with Crippen LogP contribution in [0, 0.1) is 5.82 Å². The summed E-state index contributed by atoms with van der Waals surface area (Å²) in [7, 11) is 0. The fraction of sp³-hybridized carbons (Fsp3) is 0.333. The van der Waals surface area contributed by atoms with Gasteiger partial charge < -0.3 is 15.1 Å². The molecule has 1 aliphatic rings. The van der Waals surface area contributed by atoms with E-state index in [4.69, 9.17) is 4.84 Å². The molecule has 1 heterocycles. The zero-order valence-corrected chi connectivity index (χ0v) is 15.6. The molecule has 0 saturated carbocycles. The van der Waals surface area contributed by atoms with Crippen LogP contribution < -0.4 is 5.32 Å². The molecule has 5 nitrogen and oxygen atoms in total. The highest BCUT2D eigenvalue weighted by molar-refractivity contribution is 6.01. The number of urea groups is 1. The molecule has 142 valence electrons. The van der Waals surface area contributed by atoms with E-state index < -0.39 is 0 Å². The molecule has 1 N–H and O–H groups in total. The highest BCUT2D eigenvalue weighted by Crippen LogP contribution is 2.19. The fourth-order valence-electron chi connectivity index (χ4n) is 2.96. The van der Waals surface area contributed by atoms with Gasteiger partial charge in [-0.2, -0.15) is 0 Å². The van der Waals surface area contributed by atoms with Crippen molar-refractivity contribution in [3.05, 3.63) is 71.5 Å². The molecule has 0 bridgehead atoms. The van der Waals surface area contributed by atoms with Crippen LogP contribution in [0.25, 0.3) is 0 Å². The second-order valence-corrected chi connectivity index (χ2v) is 6.91. The number of oxime groups is 1. The molecule has 2 aromatic rings. The summed E-state index contributed by atoms with van der Waals surface area (Å²) in [4.78, 5) is 19.7. The number of carbonyl (C=O) groups excluding carboxylic acids is 1. The lowest BCUT2D eigenvalue weighted by Gasteiger charge is -2.26. The number of halogens is 1. The smallest absolute Gasteiger partial charge is 0.318 e. The molecule has 6 heteroatoms. The van der Waals surface area contributed by atoms with Crippen molar-refractivity contribution in [3.63, 3.8) is 0 Å². The summed E-state index contributed by atoms with van der Waals surface area (Å²) in [5, 5.41) is 7.04. The molecule has 1 aliphatic heterocycles. The summed E-state index contributed by atoms with van der Waals surface area (Å²) in [5.74, 6) is -0.326. The summed E-state index contributed by atoms with van der Waals surface area (Å²) in [5.41, 5.74) is 2.33. The molecule has 1 atom stereocenters. The molecule has 27 heavy (non-hydrogen) atoms. The van der Waals surface area contributed by atoms with Crippen molar-refractivity contribution < 1.29 is 14.0 Å². The van der Waals surface area contributed by atoms with Crippen molar-refractivity contribution in [1.29, 1.82) is 0 Å². The van der Waals surface area contributed by atoms with Crippen molar-refractivity contribution in [2.45, 2.75) is 39.0 Å². The van der Waals surface area contributed by atoms with Crippen LogP contribution in [0.15, 0.2) is 59.8 Å². The number of hydrogen-bond donors (Lipinski definition) is 1. The van der Waals surface area contributed by atoms with Crippen molar-refractivity contribution in [2.75, 3.05) is 6.54 Å². The average Bonchev–Trinajstić information content (AvgIpc) is 3.12. The Morgan fingerprint density at radius 3 is 2.63 bits per heavy atom. The maximum atomic E-state index is 14.1. The third-order valence-electron chi connectivity index (χ3n) is 4.28. The molecule has 0 fully saturated rings. The first kappa shape index (κ1) is 18.9. The Balaban J connectivity index is 1.68. The number of nitrogens with one attached hydrogen (secondary N) is 1. The molecule has 0 saturated heterocycles. The molecule has 0 unspecified atom stereocenters. The lowest BCUT2D eigenvalue weighted by Crippen LogP contribution is -2.45. The van der Waals surface area contributed by atoms with E-state index >= 15 is 0 Å². The van der Waals surface area contributed by atoms with Crippen LogP contribution in [0.1, 0.15) is 31.4 Å². The topological polar surface area (TPSA) is 53.9 Å². The molecule has 0 spiro atoms. The number of carbonyl (C=O) groups is 1. The third kappa shape index (κ3) is 5.06. The first-order chi connectivity index (χ1) is 13.0. The van der Waals surface area contributed by atoms with Crippen LogP contribution in [0.3, 0.4) is 0 Å². The van der Waals surface area contributed by atoms with E-state index in [0.29, 0.717) is 18.5 Å². The van der Waals surface area contributed by atoms with Gasteiger partial charge in [-0.15, -0.1) is 0 Å². The number of rotatable bonds is 6. The second-order valence-electron chi connectivity index (χ2n) is 6.91. The van der Waals surface area contributed by atoms with E-state index in [9.17, 15) is 9.18 Å². The molecular formula is C21H24FN3O2. The summed E-state index contributed by atoms with van der Waals surface area (Å²) < 4.78 is 14.1. The van der Waals surface area contributed by atoms with Crippen LogP contribution in [-0.4, -0.2) is 35.3 Å². The van der Waals surface area contributed by atoms with Gasteiger partial charge in [-0.1, -0.05) is 53.7 Å². The lowest BCUT2D eigenvalue weighted by molar-refractivity contribution is 0.0584. The van der Waals surface area contributed by atoms with Crippen molar-refractivity contribution in [1.82, 2.24) is 10.2 Å². The number of benzene rings is 2. The van der Waals surface area contributed by atoms with Crippen molar-refractivity contribution in [2.24, 2.45) is 5.16 Å². The number of nitrogens with zero attached hydrogens (tertiary/aromatic N) is 2. The summed E-state index contributed by atoms with van der Waals surface area (Å²) >= 11 is 0. The van der Waals surface area contributed by atoms with Crippen molar-refractivity contribution in [3.8, 4) is 0 Å². The van der Waals surface area contributed by atoms with Gasteiger partial charge in [0.25, 0.3) is 0 Å². The van der Waals surface area contributed by atoms with Gasteiger partial charge in [0.05, 0.1) is 18.8 Å². The second kappa shape index (κ2) is 8.66. The van der Waals surface area contributed by atoms with E-state index in [-0.39, 0.29) is 30.5 Å². The van der Waals surface area contributed by atoms with Gasteiger partial charge in [-0.05, 0) is 25.5 Å². The minimum Gasteiger partial charge on any atom is -0.390 e. The van der Waals surface area contributed by atoms with Gasteiger partial charge in [0, 0.05) is 18.0 Å². The lowest BCUT2D eigenvalue weighted by atomic mass is 10.0. The quantitative estimate of drug-likeness (QED) is 0.839. The number of hydrogen-bond acceptors (Lipinski definition) is 3. The normalized spacial score (nSPS) is 16.0. The highest BCUT2D eigenvalue weighted by Gasteiger charge is 2.27. The summed E-state index contributed by atoms with van der Waals surface area (Å²) in [6.07, 6.45) is 0.345. The van der Waals surface area contributed by atoms with Crippen LogP contribution in [0.4, 0.5) is 9.18 Å². The minimum atomic E-state index is -0.326. The Kier molecular flexibility index (Phi) is 6.06. The Labute approximate surface area is 158 Å². The summed E-state index contributed by atoms with van der Waals surface area (Å²) in [6.45, 7) is 4.28. The Morgan fingerprint density at radius 1 is 1.22 bits per heavy atom. The molecule has 0 aliphatic carbocycles. The van der Waals surface area contributed by atoms with Gasteiger partial charge in [-0.25, -0.2) is 9.18 Å². The average molecular weight is 369 g/mol. The molecular weight excluding hydrogens is 345 g/mol. The highest BCUT2D eigenvalue weighted by atomic mass is 19.1. The first-order valence-electron chi connectivity index (χ1n) is 9.10. The van der Waals surface area contributed by atoms with Gasteiger partial charge in [0.1, 0.15) is 5.82 Å². The molecule has 2 aromatic carbocycles. The van der Waals surface area contributed by atoms with Gasteiger partial charge in [-0.3, -0.25) is 0 Å². The molecule has 2 amide bonds. The van der Waals surface area contributed by atoms with Crippen LogP contribution >= 0.6 is 0 Å². The third-order valence-corrected chi connectivity index (χ3v) is 4.28. The maximum absolute atomic E-state index is 14.1. The van der Waals surface area contributed by atoms with Crippen molar-refractivity contribution >= 4 is 11.7 Å². The minimum absolute atomic E-state index is 0.0127. The zero-order valence-electron chi connectivity index (χ0n) is 15.6. The van der Waals surface area contributed by atoms with E-state index in [2.05, 4.69) is 10.5 Å². The monoisotopic (exact) mass is 369 g/mol. The van der Waals surface area contributed by atoms with E-state index in [1.807, 2.05) is 44.2 Å². The predicted molar refractivity (Wildman–Crippen MR) is 103 cm³/mol. The van der Waals surface area contributed by atoms with Crippen LogP contribution in [0.5, 0.6) is 0 Å². The first-order valence-corrected chi connectivity index (χ1v) is 9.10. The predicted octanol–water partition coefficient (Wildman–Crippen LogP) is 3.94. The molecule has 0 aromatic heterocycles. The van der Waals surface area contributed by atoms with Gasteiger partial charge in [0.15, 0.2) is 6.10 Å². The van der Waals surface area contributed by atoms with Gasteiger partial charge >= 0.3 is 6.03 Å². The van der Waals surface area contributed by atoms with Gasteiger partial charge in [0.2, 0.25) is 0 Å². The van der Waals surface area contributed by atoms with Crippen LogP contribution in [-0.2, 0) is 11.4 Å². The fourth-order valence-corrected chi connectivity index (χ4v) is 2.96. The molecule has 0 radical (unpaired) electrons. The Bertz CT molecular complexity index is 808. The van der Waals surface area contributed by atoms with Crippen LogP contribution in [0.2, 0.25) is 0 Å². The molecule has 3 rings (SSSR count). The Hall–Kier alpha value is -2.89. The van der Waals surface area contributed by atoms with E-state index in [1.54, 1.807) is 23.1 Å². The number of amides is 2. The van der Waals surface area contributed by atoms with E-state index in [0.717, 1.165) is 11.3 Å². The SMILES string of the molecule is CC(C)NC(=O)N(Cc1ccccc1F)C[C@@H]1CC(c2ccccc2)=NO1. The summed E-state index contributed by atoms with van der Waals surface area (Å²) in [6, 6.07) is 16.0. The standard InChI is InChI=1S/C21H24FN3O2/c1-15(2)23-21(26)25(13-17-10-6-7-11-19(17)22)14-18-12-20(24-27-18)16-8-4-3-5-9-16/h3-11,15,18H,12-14H2,1-2H3,(H,23,26)/t18-/m0/s1.